The Morgan fingerprint density at radius 3 is 2.70 bits per heavy atom. The van der Waals surface area contributed by atoms with Gasteiger partial charge in [0.15, 0.2) is 0 Å². The van der Waals surface area contributed by atoms with Crippen LogP contribution in [0.2, 0.25) is 0 Å². The highest BCUT2D eigenvalue weighted by Crippen LogP contribution is 2.58. The fraction of sp³-hybridized carbons (Fsp3) is 0.323. The molecule has 0 amide bonds. The third kappa shape index (κ3) is 4.91. The van der Waals surface area contributed by atoms with Gasteiger partial charge in [0.2, 0.25) is 0 Å². The van der Waals surface area contributed by atoms with E-state index in [0.29, 0.717) is 19.4 Å². The van der Waals surface area contributed by atoms with Crippen LogP contribution in [0.1, 0.15) is 43.2 Å². The highest BCUT2D eigenvalue weighted by Gasteiger charge is 2.57. The highest BCUT2D eigenvalue weighted by molar-refractivity contribution is 5.94. The molecule has 1 saturated heterocycles. The van der Waals surface area contributed by atoms with Crippen LogP contribution in [0.25, 0.3) is 16.5 Å². The summed E-state index contributed by atoms with van der Waals surface area (Å²) in [6.07, 6.45) is 7.21. The number of hydrogen-bond acceptors (Lipinski definition) is 4. The monoisotopic (exact) mass is 501 g/mol. The van der Waals surface area contributed by atoms with E-state index in [0.717, 1.165) is 46.0 Å². The molecule has 37 heavy (non-hydrogen) atoms. The lowest BCUT2D eigenvalue weighted by molar-refractivity contribution is -0.137. The Kier molecular flexibility index (Phi) is 7.40. The molecule has 5 rings (SSSR count). The number of hydroxylamine groups is 1. The van der Waals surface area contributed by atoms with Crippen LogP contribution in [-0.2, 0) is 19.8 Å². The molecular weight excluding hydrogens is 469 g/mol. The number of ether oxygens (including phenoxy) is 1. The lowest BCUT2D eigenvalue weighted by Crippen LogP contribution is -2.37. The van der Waals surface area contributed by atoms with E-state index in [4.69, 9.17) is 14.7 Å². The molecule has 6 heteroatoms. The lowest BCUT2D eigenvalue weighted by Gasteiger charge is -2.37. The van der Waals surface area contributed by atoms with Gasteiger partial charge < -0.3 is 9.84 Å². The zero-order valence-corrected chi connectivity index (χ0v) is 21.0. The van der Waals surface area contributed by atoms with Crippen molar-refractivity contribution in [2.75, 3.05) is 13.7 Å². The minimum atomic E-state index is -0.774. The summed E-state index contributed by atoms with van der Waals surface area (Å²) in [6.45, 7) is 0.570. The van der Waals surface area contributed by atoms with E-state index in [1.165, 1.54) is 12.1 Å². The number of carbonyl (C=O) groups is 1. The van der Waals surface area contributed by atoms with E-state index in [9.17, 15) is 9.18 Å². The number of allylic oxidation sites excluding steroid dienone is 2. The van der Waals surface area contributed by atoms with Crippen molar-refractivity contribution < 1.29 is 23.9 Å². The van der Waals surface area contributed by atoms with E-state index < -0.39 is 5.97 Å². The molecule has 0 radical (unpaired) electrons. The summed E-state index contributed by atoms with van der Waals surface area (Å²) in [6, 6.07) is 21.4. The van der Waals surface area contributed by atoms with E-state index in [2.05, 4.69) is 48.0 Å². The molecule has 2 N–H and O–H groups in total. The Balaban J connectivity index is 1.60. The molecule has 1 aliphatic carbocycles. The predicted molar refractivity (Wildman–Crippen MR) is 142 cm³/mol. The molecule has 1 heterocycles. The van der Waals surface area contributed by atoms with Gasteiger partial charge in [0, 0.05) is 23.3 Å². The number of halogens is 1. The van der Waals surface area contributed by atoms with Crippen LogP contribution >= 0.6 is 0 Å². The summed E-state index contributed by atoms with van der Waals surface area (Å²) in [5, 5.41) is 11.2. The van der Waals surface area contributed by atoms with Crippen molar-refractivity contribution in [2.24, 2.45) is 5.92 Å². The lowest BCUT2D eigenvalue weighted by atomic mass is 9.70. The number of nitrogens with one attached hydrogen (secondary N) is 1. The Labute approximate surface area is 216 Å². The number of unbranched alkanes of at least 4 members (excludes halogenated alkanes) is 1. The van der Waals surface area contributed by atoms with Gasteiger partial charge in [-0.15, -0.1) is 0 Å². The Morgan fingerprint density at radius 2 is 1.92 bits per heavy atom. The zero-order valence-electron chi connectivity index (χ0n) is 21.0. The first-order valence-corrected chi connectivity index (χ1v) is 12.8. The molecule has 2 fully saturated rings. The van der Waals surface area contributed by atoms with Gasteiger partial charge in [0.05, 0.1) is 25.5 Å². The van der Waals surface area contributed by atoms with Crippen molar-refractivity contribution in [3.63, 3.8) is 0 Å². The van der Waals surface area contributed by atoms with Gasteiger partial charge in [-0.25, -0.2) is 4.39 Å². The van der Waals surface area contributed by atoms with Gasteiger partial charge in [-0.3, -0.25) is 15.1 Å². The topological polar surface area (TPSA) is 67.8 Å². The van der Waals surface area contributed by atoms with Gasteiger partial charge >= 0.3 is 5.97 Å². The molecule has 0 aromatic heterocycles. The summed E-state index contributed by atoms with van der Waals surface area (Å²) in [5.41, 5.74) is 7.11. The van der Waals surface area contributed by atoms with Crippen LogP contribution in [0.15, 0.2) is 84.5 Å². The molecule has 3 aromatic rings. The van der Waals surface area contributed by atoms with Crippen molar-refractivity contribution in [3.8, 4) is 0 Å². The van der Waals surface area contributed by atoms with Gasteiger partial charge in [0.25, 0.3) is 0 Å². The van der Waals surface area contributed by atoms with Gasteiger partial charge in [0.1, 0.15) is 5.82 Å². The van der Waals surface area contributed by atoms with E-state index >= 15 is 0 Å². The van der Waals surface area contributed by atoms with E-state index in [1.54, 1.807) is 7.11 Å². The summed E-state index contributed by atoms with van der Waals surface area (Å²) in [4.78, 5) is 16.4. The van der Waals surface area contributed by atoms with Gasteiger partial charge in [-0.05, 0) is 59.7 Å². The minimum absolute atomic E-state index is 0.0907. The van der Waals surface area contributed by atoms with Crippen LogP contribution in [0, 0.1) is 11.7 Å². The fourth-order valence-electron chi connectivity index (χ4n) is 6.07. The second-order valence-electron chi connectivity index (χ2n) is 9.88. The Morgan fingerprint density at radius 1 is 1.14 bits per heavy atom. The maximum absolute atomic E-state index is 13.8. The first-order chi connectivity index (χ1) is 18.0. The summed E-state index contributed by atoms with van der Waals surface area (Å²) in [5.74, 6) is -0.926. The van der Waals surface area contributed by atoms with Crippen molar-refractivity contribution in [3.05, 3.63) is 101 Å². The minimum Gasteiger partial charge on any atom is -0.481 e. The van der Waals surface area contributed by atoms with Gasteiger partial charge in [-0.2, -0.15) is 0 Å². The van der Waals surface area contributed by atoms with Crippen molar-refractivity contribution in [2.45, 2.75) is 43.6 Å². The standard InChI is InChI=1S/C31H32FNO4/c1-36-33-30(25-12-8-10-21-9-6-7-11-24(21)25)29-26(13-4-2-3-5-14-28(34)35)31(19-27(29)37-20-31)22-15-17-23(32)18-16-22/h2,4,6-12,15-18,26-27,33H,3,5,13-14,19-20H2,1H3,(H,34,35)/t26-,27-,31-/m0/s1. The number of aliphatic carboxylic acids is 1. The largest absolute Gasteiger partial charge is 0.481 e. The van der Waals surface area contributed by atoms with Crippen LogP contribution in [0.5, 0.6) is 0 Å². The molecule has 0 spiro atoms. The van der Waals surface area contributed by atoms with E-state index in [1.807, 2.05) is 24.3 Å². The number of rotatable bonds is 10. The maximum Gasteiger partial charge on any atom is 0.303 e. The quantitative estimate of drug-likeness (QED) is 0.191. The van der Waals surface area contributed by atoms with E-state index in [-0.39, 0.29) is 29.7 Å². The molecule has 1 saturated carbocycles. The second kappa shape index (κ2) is 10.9. The van der Waals surface area contributed by atoms with Gasteiger partial charge in [-0.1, -0.05) is 66.7 Å². The number of fused-ring (bicyclic) bond motifs is 3. The molecule has 1 aliphatic heterocycles. The number of benzene rings is 3. The molecule has 5 nitrogen and oxygen atoms in total. The van der Waals surface area contributed by atoms with Crippen molar-refractivity contribution in [1.29, 1.82) is 0 Å². The Hall–Kier alpha value is -3.48. The van der Waals surface area contributed by atoms with Crippen molar-refractivity contribution >= 4 is 22.4 Å². The molecule has 2 aliphatic rings. The third-order valence-electron chi connectivity index (χ3n) is 7.75. The highest BCUT2D eigenvalue weighted by atomic mass is 19.1. The first kappa shape index (κ1) is 25.2. The predicted octanol–water partition coefficient (Wildman–Crippen LogP) is 6.40. The average Bonchev–Trinajstić information content (AvgIpc) is 3.47. The fourth-order valence-corrected chi connectivity index (χ4v) is 6.07. The van der Waals surface area contributed by atoms with Crippen molar-refractivity contribution in [1.82, 2.24) is 5.48 Å². The SMILES string of the molecule is CONC(=C1[C@@H]2C[C@@](c3ccc(F)cc3)(CO2)[C@H]1CC=CCCCC(=O)O)c1cccc2ccccc12. The molecule has 3 aromatic carbocycles. The maximum atomic E-state index is 13.8. The summed E-state index contributed by atoms with van der Waals surface area (Å²) in [7, 11) is 1.62. The summed E-state index contributed by atoms with van der Waals surface area (Å²) < 4.78 is 20.2. The Bertz CT molecular complexity index is 1330. The van der Waals surface area contributed by atoms with Crippen LogP contribution in [0.4, 0.5) is 4.39 Å². The first-order valence-electron chi connectivity index (χ1n) is 12.8. The third-order valence-corrected chi connectivity index (χ3v) is 7.75. The van der Waals surface area contributed by atoms with Crippen LogP contribution in [0.3, 0.4) is 0 Å². The average molecular weight is 502 g/mol. The zero-order chi connectivity index (χ0) is 25.8. The smallest absolute Gasteiger partial charge is 0.303 e. The second-order valence-corrected chi connectivity index (χ2v) is 9.88. The molecule has 0 unspecified atom stereocenters. The molecular formula is C31H32FNO4. The molecule has 3 atom stereocenters. The summed E-state index contributed by atoms with van der Waals surface area (Å²) >= 11 is 0. The molecule has 2 bridgehead atoms. The van der Waals surface area contributed by atoms with Crippen LogP contribution in [-0.4, -0.2) is 30.9 Å². The number of hydrogen-bond donors (Lipinski definition) is 2. The number of carboxylic acids is 1. The number of carboxylic acid groups (broad SMARTS) is 1. The van der Waals surface area contributed by atoms with Crippen LogP contribution < -0.4 is 5.48 Å². The normalized spacial score (nSPS) is 24.2. The molecule has 192 valence electrons.